The van der Waals surface area contributed by atoms with Gasteiger partial charge in [-0.15, -0.1) is 0 Å². The lowest BCUT2D eigenvalue weighted by Crippen LogP contribution is -2.25. The second kappa shape index (κ2) is 6.86. The highest BCUT2D eigenvalue weighted by Crippen LogP contribution is 2.23. The van der Waals surface area contributed by atoms with Crippen LogP contribution in [-0.4, -0.2) is 11.5 Å². The topological polar surface area (TPSA) is 24.9 Å². The molecule has 0 bridgehead atoms. The van der Waals surface area contributed by atoms with Gasteiger partial charge in [-0.25, -0.2) is 0 Å². The summed E-state index contributed by atoms with van der Waals surface area (Å²) in [6.45, 7) is 11.7. The van der Waals surface area contributed by atoms with Gasteiger partial charge in [-0.3, -0.25) is 4.98 Å². The monoisotopic (exact) mass is 282 g/mol. The summed E-state index contributed by atoms with van der Waals surface area (Å²) in [4.78, 5) is 4.68. The standard InChI is InChI=1S/C19H26N2/c1-6-20-18(19-16(5)9-14(3)12-21-19)11-17-10-13(2)7-8-15(17)4/h7-10,12,18,20H,6,11H2,1-5H3. The summed E-state index contributed by atoms with van der Waals surface area (Å²) < 4.78 is 0. The first-order valence-corrected chi connectivity index (χ1v) is 7.74. The first-order valence-electron chi connectivity index (χ1n) is 7.74. The van der Waals surface area contributed by atoms with Gasteiger partial charge in [-0.1, -0.05) is 36.8 Å². The van der Waals surface area contributed by atoms with Crippen LogP contribution in [0.3, 0.4) is 0 Å². The molecule has 21 heavy (non-hydrogen) atoms. The minimum absolute atomic E-state index is 0.274. The van der Waals surface area contributed by atoms with E-state index in [2.05, 4.69) is 69.2 Å². The van der Waals surface area contributed by atoms with Gasteiger partial charge in [0.05, 0.1) is 11.7 Å². The molecule has 0 aliphatic carbocycles. The second-order valence-electron chi connectivity index (χ2n) is 5.96. The van der Waals surface area contributed by atoms with E-state index in [4.69, 9.17) is 0 Å². The molecule has 0 amide bonds. The van der Waals surface area contributed by atoms with E-state index >= 15 is 0 Å². The summed E-state index contributed by atoms with van der Waals surface area (Å²) >= 11 is 0. The maximum absolute atomic E-state index is 4.68. The zero-order valence-corrected chi connectivity index (χ0v) is 13.8. The Hall–Kier alpha value is -1.67. The molecule has 1 aromatic carbocycles. The lowest BCUT2D eigenvalue weighted by Gasteiger charge is -2.21. The molecule has 0 radical (unpaired) electrons. The molecule has 112 valence electrons. The molecule has 1 atom stereocenters. The Balaban J connectivity index is 2.32. The zero-order valence-electron chi connectivity index (χ0n) is 13.8. The molecule has 1 heterocycles. The van der Waals surface area contributed by atoms with Gasteiger partial charge in [0.25, 0.3) is 0 Å². The second-order valence-corrected chi connectivity index (χ2v) is 5.96. The highest BCUT2D eigenvalue weighted by atomic mass is 14.9. The first kappa shape index (κ1) is 15.7. The van der Waals surface area contributed by atoms with Crippen LogP contribution in [0.15, 0.2) is 30.5 Å². The first-order chi connectivity index (χ1) is 10.0. The lowest BCUT2D eigenvalue weighted by molar-refractivity contribution is 0.532. The third-order valence-electron chi connectivity index (χ3n) is 3.96. The summed E-state index contributed by atoms with van der Waals surface area (Å²) in [5.41, 5.74) is 7.74. The number of aromatic nitrogens is 1. The van der Waals surface area contributed by atoms with Crippen molar-refractivity contribution in [1.82, 2.24) is 10.3 Å². The van der Waals surface area contributed by atoms with Crippen molar-refractivity contribution < 1.29 is 0 Å². The maximum Gasteiger partial charge on any atom is 0.0605 e. The average molecular weight is 282 g/mol. The molecule has 2 rings (SSSR count). The van der Waals surface area contributed by atoms with E-state index in [-0.39, 0.29) is 6.04 Å². The van der Waals surface area contributed by atoms with E-state index in [0.29, 0.717) is 0 Å². The van der Waals surface area contributed by atoms with Gasteiger partial charge >= 0.3 is 0 Å². The summed E-state index contributed by atoms with van der Waals surface area (Å²) in [6, 6.07) is 9.18. The number of nitrogens with one attached hydrogen (secondary N) is 1. The van der Waals surface area contributed by atoms with Gasteiger partial charge in [-0.2, -0.15) is 0 Å². The largest absolute Gasteiger partial charge is 0.309 e. The van der Waals surface area contributed by atoms with Crippen LogP contribution in [0, 0.1) is 27.7 Å². The van der Waals surface area contributed by atoms with Crippen molar-refractivity contribution in [3.8, 4) is 0 Å². The summed E-state index contributed by atoms with van der Waals surface area (Å²) in [5, 5.41) is 3.59. The lowest BCUT2D eigenvalue weighted by atomic mass is 9.95. The van der Waals surface area contributed by atoms with E-state index in [1.807, 2.05) is 6.20 Å². The molecule has 0 aliphatic heterocycles. The van der Waals surface area contributed by atoms with Gasteiger partial charge in [0, 0.05) is 6.20 Å². The quantitative estimate of drug-likeness (QED) is 0.888. The van der Waals surface area contributed by atoms with Crippen LogP contribution in [-0.2, 0) is 6.42 Å². The third kappa shape index (κ3) is 3.92. The number of aryl methyl sites for hydroxylation is 4. The predicted octanol–water partition coefficient (Wildman–Crippen LogP) is 4.21. The van der Waals surface area contributed by atoms with Crippen molar-refractivity contribution in [2.75, 3.05) is 6.54 Å². The summed E-state index contributed by atoms with van der Waals surface area (Å²) in [5.74, 6) is 0. The molecule has 0 saturated heterocycles. The Labute approximate surface area is 128 Å². The van der Waals surface area contributed by atoms with E-state index < -0.39 is 0 Å². The van der Waals surface area contributed by atoms with Crippen molar-refractivity contribution in [3.63, 3.8) is 0 Å². The van der Waals surface area contributed by atoms with Crippen LogP contribution in [0.25, 0.3) is 0 Å². The van der Waals surface area contributed by atoms with Gasteiger partial charge in [0.15, 0.2) is 0 Å². The fourth-order valence-corrected chi connectivity index (χ4v) is 2.84. The van der Waals surface area contributed by atoms with Gasteiger partial charge in [0.1, 0.15) is 0 Å². The molecule has 1 aromatic heterocycles. The average Bonchev–Trinajstić information content (AvgIpc) is 2.42. The van der Waals surface area contributed by atoms with Crippen LogP contribution < -0.4 is 5.32 Å². The van der Waals surface area contributed by atoms with Crippen LogP contribution in [0.2, 0.25) is 0 Å². The maximum atomic E-state index is 4.68. The van der Waals surface area contributed by atoms with Crippen molar-refractivity contribution in [1.29, 1.82) is 0 Å². The minimum atomic E-state index is 0.274. The Morgan fingerprint density at radius 3 is 2.43 bits per heavy atom. The summed E-state index contributed by atoms with van der Waals surface area (Å²) in [7, 11) is 0. The van der Waals surface area contributed by atoms with Crippen LogP contribution in [0.1, 0.15) is 46.5 Å². The molecule has 0 spiro atoms. The Morgan fingerprint density at radius 2 is 1.76 bits per heavy atom. The number of rotatable bonds is 5. The molecule has 1 unspecified atom stereocenters. The van der Waals surface area contributed by atoms with E-state index in [9.17, 15) is 0 Å². The molecule has 0 fully saturated rings. The number of pyridine rings is 1. The van der Waals surface area contributed by atoms with Crippen molar-refractivity contribution >= 4 is 0 Å². The number of nitrogens with zero attached hydrogens (tertiary/aromatic N) is 1. The number of benzene rings is 1. The van der Waals surface area contributed by atoms with E-state index in [0.717, 1.165) is 13.0 Å². The normalized spacial score (nSPS) is 12.4. The highest BCUT2D eigenvalue weighted by molar-refractivity contribution is 5.33. The van der Waals surface area contributed by atoms with Crippen molar-refractivity contribution in [3.05, 3.63) is 64.0 Å². The Kier molecular flexibility index (Phi) is 5.13. The van der Waals surface area contributed by atoms with Crippen LogP contribution in [0.5, 0.6) is 0 Å². The Morgan fingerprint density at radius 1 is 1.00 bits per heavy atom. The van der Waals surface area contributed by atoms with Crippen LogP contribution >= 0.6 is 0 Å². The number of hydrogen-bond acceptors (Lipinski definition) is 2. The van der Waals surface area contributed by atoms with Crippen molar-refractivity contribution in [2.24, 2.45) is 0 Å². The molecule has 2 aromatic rings. The predicted molar refractivity (Wildman–Crippen MR) is 89.7 cm³/mol. The van der Waals surface area contributed by atoms with Crippen LogP contribution in [0.4, 0.5) is 0 Å². The minimum Gasteiger partial charge on any atom is -0.309 e. The fourth-order valence-electron chi connectivity index (χ4n) is 2.84. The third-order valence-corrected chi connectivity index (χ3v) is 3.96. The molecule has 2 heteroatoms. The van der Waals surface area contributed by atoms with E-state index in [1.165, 1.54) is 33.5 Å². The number of likely N-dealkylation sites (N-methyl/N-ethyl adjacent to an activating group) is 1. The SMILES string of the molecule is CCNC(Cc1cc(C)ccc1C)c1ncc(C)cc1C. The van der Waals surface area contributed by atoms with Gasteiger partial charge in [0.2, 0.25) is 0 Å². The van der Waals surface area contributed by atoms with Gasteiger partial charge in [-0.05, 0) is 62.9 Å². The smallest absolute Gasteiger partial charge is 0.0605 e. The highest BCUT2D eigenvalue weighted by Gasteiger charge is 2.16. The number of hydrogen-bond donors (Lipinski definition) is 1. The Bertz CT molecular complexity index is 617. The fraction of sp³-hybridized carbons (Fsp3) is 0.421. The molecular formula is C19H26N2. The van der Waals surface area contributed by atoms with Crippen molar-refractivity contribution in [2.45, 2.75) is 47.1 Å². The molecule has 2 nitrogen and oxygen atoms in total. The molecular weight excluding hydrogens is 256 g/mol. The summed E-state index contributed by atoms with van der Waals surface area (Å²) in [6.07, 6.45) is 2.95. The molecule has 0 saturated carbocycles. The molecule has 0 aliphatic rings. The molecule has 1 N–H and O–H groups in total. The zero-order chi connectivity index (χ0) is 15.4. The van der Waals surface area contributed by atoms with E-state index in [1.54, 1.807) is 0 Å². The van der Waals surface area contributed by atoms with Gasteiger partial charge < -0.3 is 5.32 Å².